The largest absolute Gasteiger partial charge is 0.389 e. The lowest BCUT2D eigenvalue weighted by Gasteiger charge is -2.29. The van der Waals surface area contributed by atoms with E-state index in [0.29, 0.717) is 4.99 Å². The highest BCUT2D eigenvalue weighted by Gasteiger charge is 2.32. The second kappa shape index (κ2) is 6.23. The predicted molar refractivity (Wildman–Crippen MR) is 87.7 cm³/mol. The van der Waals surface area contributed by atoms with E-state index < -0.39 is 0 Å². The average molecular weight is 288 g/mol. The molecule has 108 valence electrons. The fraction of sp³-hybridized carbons (Fsp3) is 0.588. The zero-order chi connectivity index (χ0) is 13.9. The molecule has 1 aromatic rings. The van der Waals surface area contributed by atoms with E-state index in [4.69, 9.17) is 18.0 Å². The van der Waals surface area contributed by atoms with Gasteiger partial charge in [-0.25, -0.2) is 0 Å². The number of rotatable bonds is 4. The average Bonchev–Trinajstić information content (AvgIpc) is 3.09. The van der Waals surface area contributed by atoms with E-state index in [1.165, 1.54) is 50.6 Å². The van der Waals surface area contributed by atoms with Crippen LogP contribution >= 0.6 is 12.2 Å². The Bertz CT molecular complexity index is 480. The summed E-state index contributed by atoms with van der Waals surface area (Å²) in [5.74, 6) is 0.941. The number of thiocarbonyl (C=S) groups is 1. The smallest absolute Gasteiger partial charge is 0.103 e. The second-order valence-corrected chi connectivity index (χ2v) is 6.73. The second-order valence-electron chi connectivity index (χ2n) is 6.29. The van der Waals surface area contributed by atoms with Gasteiger partial charge in [0.05, 0.1) is 0 Å². The molecule has 2 nitrogen and oxygen atoms in total. The number of hydrogen-bond donors (Lipinski definition) is 1. The first-order valence-corrected chi connectivity index (χ1v) is 8.27. The summed E-state index contributed by atoms with van der Waals surface area (Å²) < 4.78 is 0. The summed E-state index contributed by atoms with van der Waals surface area (Å²) in [6, 6.07) is 9.25. The predicted octanol–water partition coefficient (Wildman–Crippen LogP) is 3.48. The Hall–Kier alpha value is -0.930. The molecule has 1 atom stereocenters. The first-order chi connectivity index (χ1) is 9.74. The van der Waals surface area contributed by atoms with Crippen LogP contribution in [0.3, 0.4) is 0 Å². The van der Waals surface area contributed by atoms with Crippen LogP contribution in [0.1, 0.15) is 49.7 Å². The molecular weight excluding hydrogens is 264 g/mol. The third-order valence-corrected chi connectivity index (χ3v) is 5.19. The van der Waals surface area contributed by atoms with Gasteiger partial charge in [-0.2, -0.15) is 0 Å². The van der Waals surface area contributed by atoms with Crippen LogP contribution in [0.4, 0.5) is 0 Å². The molecule has 2 fully saturated rings. The molecule has 2 aliphatic rings. The Balaban J connectivity index is 1.69. The molecule has 0 amide bonds. The van der Waals surface area contributed by atoms with E-state index in [1.54, 1.807) is 0 Å². The van der Waals surface area contributed by atoms with E-state index in [-0.39, 0.29) is 0 Å². The van der Waals surface area contributed by atoms with Gasteiger partial charge in [0.25, 0.3) is 0 Å². The maximum Gasteiger partial charge on any atom is 0.103 e. The molecule has 1 aromatic carbocycles. The Morgan fingerprint density at radius 2 is 2.00 bits per heavy atom. The molecule has 1 aliphatic heterocycles. The van der Waals surface area contributed by atoms with Crippen LogP contribution in [0.2, 0.25) is 0 Å². The Labute approximate surface area is 127 Å². The third kappa shape index (κ3) is 3.04. The lowest BCUT2D eigenvalue weighted by Crippen LogP contribution is -2.34. The van der Waals surface area contributed by atoms with Gasteiger partial charge in [-0.1, -0.05) is 43.3 Å². The lowest BCUT2D eigenvalue weighted by atomic mass is 9.95. The van der Waals surface area contributed by atoms with Gasteiger partial charge in [-0.05, 0) is 49.8 Å². The highest BCUT2D eigenvalue weighted by Crippen LogP contribution is 2.36. The highest BCUT2D eigenvalue weighted by molar-refractivity contribution is 7.80. The fourth-order valence-electron chi connectivity index (χ4n) is 3.98. The SMILES string of the molecule is NC(=S)c1cccc(CN2CCCC2C2CCCC2)c1. The fourth-order valence-corrected chi connectivity index (χ4v) is 4.11. The Morgan fingerprint density at radius 3 is 2.75 bits per heavy atom. The summed E-state index contributed by atoms with van der Waals surface area (Å²) in [7, 11) is 0. The van der Waals surface area contributed by atoms with Crippen molar-refractivity contribution in [2.24, 2.45) is 11.7 Å². The van der Waals surface area contributed by atoms with E-state index in [9.17, 15) is 0 Å². The van der Waals surface area contributed by atoms with Crippen molar-refractivity contribution >= 4 is 17.2 Å². The molecule has 0 aromatic heterocycles. The van der Waals surface area contributed by atoms with Crippen molar-refractivity contribution in [3.8, 4) is 0 Å². The van der Waals surface area contributed by atoms with Gasteiger partial charge in [0.2, 0.25) is 0 Å². The molecule has 0 radical (unpaired) electrons. The number of hydrogen-bond acceptors (Lipinski definition) is 2. The number of nitrogens with two attached hydrogens (primary N) is 1. The molecule has 3 heteroatoms. The van der Waals surface area contributed by atoms with Crippen molar-refractivity contribution in [2.45, 2.75) is 51.1 Å². The van der Waals surface area contributed by atoms with Gasteiger partial charge in [-0.3, -0.25) is 4.90 Å². The molecule has 1 aliphatic carbocycles. The van der Waals surface area contributed by atoms with E-state index in [2.05, 4.69) is 23.1 Å². The maximum atomic E-state index is 5.74. The van der Waals surface area contributed by atoms with Crippen LogP contribution in [-0.2, 0) is 6.54 Å². The monoisotopic (exact) mass is 288 g/mol. The molecule has 1 saturated heterocycles. The lowest BCUT2D eigenvalue weighted by molar-refractivity contribution is 0.183. The molecule has 1 unspecified atom stereocenters. The number of nitrogens with zero attached hydrogens (tertiary/aromatic N) is 1. The van der Waals surface area contributed by atoms with Gasteiger partial charge in [0.15, 0.2) is 0 Å². The minimum atomic E-state index is 0.501. The van der Waals surface area contributed by atoms with Crippen LogP contribution in [0.15, 0.2) is 24.3 Å². The summed E-state index contributed by atoms with van der Waals surface area (Å²) in [6.07, 6.45) is 8.50. The van der Waals surface area contributed by atoms with Crippen LogP contribution in [0, 0.1) is 5.92 Å². The van der Waals surface area contributed by atoms with Gasteiger partial charge >= 0.3 is 0 Å². The zero-order valence-corrected chi connectivity index (χ0v) is 12.9. The Morgan fingerprint density at radius 1 is 1.20 bits per heavy atom. The summed E-state index contributed by atoms with van der Waals surface area (Å²) in [6.45, 7) is 2.30. The van der Waals surface area contributed by atoms with Gasteiger partial charge in [0.1, 0.15) is 4.99 Å². The van der Waals surface area contributed by atoms with E-state index >= 15 is 0 Å². The molecule has 3 rings (SSSR count). The summed E-state index contributed by atoms with van der Waals surface area (Å²) in [5.41, 5.74) is 8.08. The topological polar surface area (TPSA) is 29.3 Å². The van der Waals surface area contributed by atoms with Crippen molar-refractivity contribution in [2.75, 3.05) is 6.54 Å². The number of likely N-dealkylation sites (tertiary alicyclic amines) is 1. The normalized spacial score (nSPS) is 24.3. The van der Waals surface area contributed by atoms with Crippen molar-refractivity contribution in [1.82, 2.24) is 4.90 Å². The molecule has 0 spiro atoms. The quantitative estimate of drug-likeness (QED) is 0.860. The van der Waals surface area contributed by atoms with Gasteiger partial charge in [-0.15, -0.1) is 0 Å². The summed E-state index contributed by atoms with van der Waals surface area (Å²) >= 11 is 5.08. The van der Waals surface area contributed by atoms with Crippen molar-refractivity contribution in [3.63, 3.8) is 0 Å². The van der Waals surface area contributed by atoms with Gasteiger partial charge in [0, 0.05) is 18.2 Å². The van der Waals surface area contributed by atoms with E-state index in [0.717, 1.165) is 24.1 Å². The van der Waals surface area contributed by atoms with Crippen molar-refractivity contribution in [3.05, 3.63) is 35.4 Å². The molecule has 1 saturated carbocycles. The molecule has 0 bridgehead atoms. The van der Waals surface area contributed by atoms with Crippen molar-refractivity contribution in [1.29, 1.82) is 0 Å². The van der Waals surface area contributed by atoms with Crippen molar-refractivity contribution < 1.29 is 0 Å². The standard InChI is InChI=1S/C17H24N2S/c18-17(20)15-8-3-5-13(11-15)12-19-10-4-9-16(19)14-6-1-2-7-14/h3,5,8,11,14,16H,1-2,4,6-7,9-10,12H2,(H2,18,20). The maximum absolute atomic E-state index is 5.74. The first kappa shape index (κ1) is 14.0. The molecule has 20 heavy (non-hydrogen) atoms. The summed E-state index contributed by atoms with van der Waals surface area (Å²) in [4.78, 5) is 3.19. The van der Waals surface area contributed by atoms with Crippen LogP contribution < -0.4 is 5.73 Å². The van der Waals surface area contributed by atoms with Crippen LogP contribution in [0.25, 0.3) is 0 Å². The van der Waals surface area contributed by atoms with Gasteiger partial charge < -0.3 is 5.73 Å². The zero-order valence-electron chi connectivity index (χ0n) is 12.1. The number of benzene rings is 1. The molecule has 1 heterocycles. The Kier molecular flexibility index (Phi) is 4.37. The summed E-state index contributed by atoms with van der Waals surface area (Å²) in [5, 5.41) is 0. The van der Waals surface area contributed by atoms with Crippen LogP contribution in [-0.4, -0.2) is 22.5 Å². The molecule has 2 N–H and O–H groups in total. The minimum Gasteiger partial charge on any atom is -0.389 e. The minimum absolute atomic E-state index is 0.501. The highest BCUT2D eigenvalue weighted by atomic mass is 32.1. The first-order valence-electron chi connectivity index (χ1n) is 7.87. The van der Waals surface area contributed by atoms with E-state index in [1.807, 2.05) is 6.07 Å². The third-order valence-electron chi connectivity index (χ3n) is 4.96. The molecular formula is C17H24N2S. The van der Waals surface area contributed by atoms with Crippen LogP contribution in [0.5, 0.6) is 0 Å².